The quantitative estimate of drug-likeness (QED) is 0.168. The van der Waals surface area contributed by atoms with E-state index >= 15 is 4.79 Å². The molecule has 1 aromatic heterocycles. The molecule has 8 atom stereocenters. The Labute approximate surface area is 348 Å². The predicted molar refractivity (Wildman–Crippen MR) is 215 cm³/mol. The van der Waals surface area contributed by atoms with Crippen LogP contribution >= 0.6 is 11.8 Å². The van der Waals surface area contributed by atoms with Crippen LogP contribution in [-0.2, 0) is 37.5 Å². The van der Waals surface area contributed by atoms with Crippen LogP contribution in [0.25, 0.3) is 10.9 Å². The van der Waals surface area contributed by atoms with Gasteiger partial charge in [0.2, 0.25) is 6.79 Å². The van der Waals surface area contributed by atoms with Gasteiger partial charge in [0.05, 0.1) is 43.3 Å². The van der Waals surface area contributed by atoms with Crippen LogP contribution in [0.3, 0.4) is 0 Å². The molecule has 4 N–H and O–H groups in total. The molecule has 16 nitrogen and oxygen atoms in total. The maximum absolute atomic E-state index is 15.1. The second-order valence-electron chi connectivity index (χ2n) is 16.5. The molecule has 8 aliphatic rings. The number of aryl methyl sites for hydroxylation is 1. The van der Waals surface area contributed by atoms with E-state index in [0.717, 1.165) is 10.9 Å². The Morgan fingerprint density at radius 3 is 2.57 bits per heavy atom. The van der Waals surface area contributed by atoms with Crippen molar-refractivity contribution in [1.29, 1.82) is 5.26 Å². The number of nitrogens with one attached hydrogen (secondary N) is 2. The number of aromatic nitrogens is 1. The third kappa shape index (κ3) is 5.11. The Kier molecular flexibility index (Phi) is 8.62. The zero-order chi connectivity index (χ0) is 42.2. The van der Waals surface area contributed by atoms with Crippen molar-refractivity contribution in [3.8, 4) is 40.6 Å². The number of phenolic OH excluding ortho intramolecular Hbond substituents is 1. The third-order valence-electron chi connectivity index (χ3n) is 13.3. The number of fused-ring (bicyclic) bond motifs is 8. The molecule has 9 heterocycles. The number of ether oxygens (including phenoxy) is 6. The Morgan fingerprint density at radius 1 is 1.07 bits per heavy atom. The lowest BCUT2D eigenvalue weighted by molar-refractivity contribution is -0.159. The number of carboxylic acid groups (broad SMARTS) is 1. The number of thioether (sulfide) groups is 1. The van der Waals surface area contributed by atoms with Gasteiger partial charge in [-0.15, -0.1) is 11.8 Å². The summed E-state index contributed by atoms with van der Waals surface area (Å²) in [6.07, 6.45) is 0.304. The number of rotatable bonds is 4. The number of esters is 2. The first-order chi connectivity index (χ1) is 28.8. The van der Waals surface area contributed by atoms with Crippen molar-refractivity contribution < 1.29 is 53.0 Å². The molecule has 3 aromatic carbocycles. The van der Waals surface area contributed by atoms with E-state index in [2.05, 4.69) is 26.2 Å². The van der Waals surface area contributed by atoms with E-state index in [1.807, 2.05) is 32.2 Å². The summed E-state index contributed by atoms with van der Waals surface area (Å²) in [7, 11) is 4.99. The number of nitriles is 1. The smallest absolute Gasteiger partial charge is 0.333 e. The topological polar surface area (TPSA) is 205 Å². The van der Waals surface area contributed by atoms with Gasteiger partial charge in [-0.3, -0.25) is 24.7 Å². The molecule has 0 aliphatic carbocycles. The number of nitrogens with zero attached hydrogens (tertiary/aromatic N) is 3. The van der Waals surface area contributed by atoms with E-state index in [1.165, 1.54) is 25.8 Å². The maximum atomic E-state index is 15.1. The zero-order valence-electron chi connectivity index (χ0n) is 33.8. The highest BCUT2D eigenvalue weighted by Crippen LogP contribution is 2.65. The fraction of sp³-hybridized carbons (Fsp3) is 0.442. The summed E-state index contributed by atoms with van der Waals surface area (Å²) in [5.41, 5.74) is 2.69. The summed E-state index contributed by atoms with van der Waals surface area (Å²) in [4.78, 5) is 48.9. The Morgan fingerprint density at radius 2 is 1.85 bits per heavy atom. The highest BCUT2D eigenvalue weighted by molar-refractivity contribution is 7.99. The van der Waals surface area contributed by atoms with Crippen molar-refractivity contribution in [3.05, 3.63) is 68.9 Å². The largest absolute Gasteiger partial charge is 0.504 e. The molecule has 2 fully saturated rings. The van der Waals surface area contributed by atoms with E-state index in [4.69, 9.17) is 28.4 Å². The summed E-state index contributed by atoms with van der Waals surface area (Å²) < 4.78 is 36.3. The number of methoxy groups -OCH3 is 2. The predicted octanol–water partition coefficient (Wildman–Crippen LogP) is 4.22. The van der Waals surface area contributed by atoms with Crippen LogP contribution in [0.4, 0.5) is 0 Å². The zero-order valence-corrected chi connectivity index (χ0v) is 34.6. The molecule has 0 amide bonds. The van der Waals surface area contributed by atoms with Crippen molar-refractivity contribution in [3.63, 3.8) is 0 Å². The summed E-state index contributed by atoms with van der Waals surface area (Å²) in [5, 5.41) is 37.5. The first-order valence-corrected chi connectivity index (χ1v) is 20.7. The lowest BCUT2D eigenvalue weighted by atomic mass is 9.76. The minimum absolute atomic E-state index is 0.0282. The summed E-state index contributed by atoms with van der Waals surface area (Å²) in [6.45, 7) is 4.84. The third-order valence-corrected chi connectivity index (χ3v) is 14.8. The number of hydrogen-bond donors (Lipinski definition) is 4. The average Bonchev–Trinajstić information content (AvgIpc) is 3.81. The fourth-order valence-corrected chi connectivity index (χ4v) is 12.7. The van der Waals surface area contributed by atoms with Crippen LogP contribution in [-0.4, -0.2) is 107 Å². The fourth-order valence-electron chi connectivity index (χ4n) is 11.1. The van der Waals surface area contributed by atoms with Crippen LogP contribution in [0.2, 0.25) is 0 Å². The van der Waals surface area contributed by atoms with Crippen LogP contribution in [0.1, 0.15) is 68.9 Å². The summed E-state index contributed by atoms with van der Waals surface area (Å²) >= 11 is 1.36. The monoisotopic (exact) mass is 837 g/mol. The molecule has 312 valence electrons. The molecule has 12 rings (SSSR count). The average molecular weight is 838 g/mol. The number of benzene rings is 3. The Balaban J connectivity index is 1.27. The molecule has 4 bridgehead atoms. The summed E-state index contributed by atoms with van der Waals surface area (Å²) in [6, 6.07) is 6.87. The normalized spacial score (nSPS) is 29.7. The maximum Gasteiger partial charge on any atom is 0.333 e. The van der Waals surface area contributed by atoms with Crippen molar-refractivity contribution in [2.45, 2.75) is 74.1 Å². The number of carbonyl (C=O) groups excluding carboxylic acids is 2. The Hall–Kier alpha value is -5.67. The number of carbonyl (C=O) groups is 3. The van der Waals surface area contributed by atoms with E-state index < -0.39 is 58.4 Å². The molecule has 60 heavy (non-hydrogen) atoms. The second-order valence-corrected chi connectivity index (χ2v) is 17.7. The number of phenols is 1. The van der Waals surface area contributed by atoms with Gasteiger partial charge in [0.1, 0.15) is 29.7 Å². The van der Waals surface area contributed by atoms with Gasteiger partial charge in [0, 0.05) is 71.3 Å². The molecular formula is C43H43N5O11S. The van der Waals surface area contributed by atoms with Gasteiger partial charge < -0.3 is 43.6 Å². The highest BCUT2D eigenvalue weighted by Gasteiger charge is 2.64. The number of aliphatic carboxylic acids is 1. The molecule has 17 heteroatoms. The van der Waals surface area contributed by atoms with Crippen LogP contribution in [0.15, 0.2) is 24.3 Å². The van der Waals surface area contributed by atoms with E-state index in [9.17, 15) is 25.1 Å². The first-order valence-electron chi connectivity index (χ1n) is 19.7. The second kappa shape index (κ2) is 13.4. The van der Waals surface area contributed by atoms with Gasteiger partial charge >= 0.3 is 17.9 Å². The number of likely N-dealkylation sites (N-methyl/N-ethyl adjacent to an activating group) is 1. The number of carboxylic acids is 1. The Bertz CT molecular complexity index is 2620. The minimum atomic E-state index is -1.72. The summed E-state index contributed by atoms with van der Waals surface area (Å²) in [5.74, 6) is -0.536. The number of piperazine rings is 1. The standard InChI is InChI=1S/C43H43N5O11S/c1-18-9-21-12-42(14-44)15-47(4)31(28(21)33(50)34(18)55-6)32-38-30-29(37-36(57-17-58-37)19(2)35(30)59-20(3)49)27(48(32)42)13-56-41(53)43(16-60-38)39-24(11-26(46-43)40(51)52)23-10-22(54-5)7-8-25(23)45-39/h7-10,26-27,31-32,38,45-46,50H,11-13,15-17H2,1-6H3,(H,51,52)/t26-,27-,31?,32+,38+,42?,43+/m0/s1. The first kappa shape index (κ1) is 38.5. The number of H-pyrrole nitrogens is 1. The molecule has 8 aliphatic heterocycles. The number of hydrogen-bond acceptors (Lipinski definition) is 15. The lowest BCUT2D eigenvalue weighted by Crippen LogP contribution is -2.70. The lowest BCUT2D eigenvalue weighted by Gasteiger charge is -2.60. The van der Waals surface area contributed by atoms with Crippen molar-refractivity contribution in [1.82, 2.24) is 20.1 Å². The van der Waals surface area contributed by atoms with Crippen LogP contribution in [0.5, 0.6) is 34.5 Å². The molecule has 4 aromatic rings. The molecular weight excluding hydrogens is 795 g/mol. The van der Waals surface area contributed by atoms with Crippen LogP contribution < -0.4 is 29.0 Å². The van der Waals surface area contributed by atoms with Crippen molar-refractivity contribution in [2.75, 3.05) is 47.0 Å². The molecule has 1 spiro atoms. The van der Waals surface area contributed by atoms with Gasteiger partial charge in [-0.1, -0.05) is 6.07 Å². The minimum Gasteiger partial charge on any atom is -0.504 e. The van der Waals surface area contributed by atoms with Gasteiger partial charge in [-0.25, -0.2) is 4.79 Å². The molecule has 2 saturated heterocycles. The molecule has 0 radical (unpaired) electrons. The van der Waals surface area contributed by atoms with Gasteiger partial charge in [-0.2, -0.15) is 5.26 Å². The van der Waals surface area contributed by atoms with Gasteiger partial charge in [0.15, 0.2) is 28.5 Å². The number of aromatic amines is 1. The SMILES string of the molecule is COc1ccc2[nH]c3c(c2c1)C[C@@H](C(=O)O)N[C@]31CS[C@@H]2c3c(OC(C)=O)c(C)c4c(c3[C@H](COC1=O)N1[C@@H]2C2c3c(cc(C)c(OC)c3O)CC1(C#N)CN2C)OCO4. The number of aromatic hydroxyl groups is 1. The highest BCUT2D eigenvalue weighted by atomic mass is 32.2. The van der Waals surface area contributed by atoms with Crippen molar-refractivity contribution >= 4 is 40.6 Å². The van der Waals surface area contributed by atoms with Gasteiger partial charge in [0.25, 0.3) is 0 Å². The molecule has 0 saturated carbocycles. The van der Waals surface area contributed by atoms with Crippen LogP contribution in [0, 0.1) is 25.2 Å². The van der Waals surface area contributed by atoms with E-state index in [-0.39, 0.29) is 50.0 Å². The molecule has 3 unspecified atom stereocenters. The van der Waals surface area contributed by atoms with E-state index in [1.54, 1.807) is 20.1 Å². The van der Waals surface area contributed by atoms with Gasteiger partial charge in [-0.05, 0) is 55.8 Å². The van der Waals surface area contributed by atoms with E-state index in [0.29, 0.717) is 67.6 Å². The van der Waals surface area contributed by atoms with Crippen molar-refractivity contribution in [2.24, 2.45) is 0 Å².